The molecule has 1 N–H and O–H groups in total. The van der Waals surface area contributed by atoms with E-state index in [0.717, 1.165) is 40.8 Å². The molecule has 0 radical (unpaired) electrons. The molecule has 0 atom stereocenters. The van der Waals surface area contributed by atoms with Gasteiger partial charge in [-0.05, 0) is 66.8 Å². The van der Waals surface area contributed by atoms with Crippen molar-refractivity contribution in [2.24, 2.45) is 0 Å². The lowest BCUT2D eigenvalue weighted by Gasteiger charge is -2.22. The standard InChI is InChI=1S/C26H22N2O5/c29-23(27-15-19-8-5-13-32-19)16-33-26(30)24-20-9-1-2-11-22(20)28-25-17(6-3-10-21(24)25)14-18-7-4-12-31-18/h1-2,4-5,7-9,11-14H,3,6,10,15-16H2,(H,27,29)/b17-14-. The molecule has 1 aliphatic rings. The number of carbonyl (C=O) groups is 2. The van der Waals surface area contributed by atoms with E-state index < -0.39 is 11.9 Å². The number of amides is 1. The van der Waals surface area contributed by atoms with E-state index in [1.165, 1.54) is 6.26 Å². The zero-order valence-corrected chi connectivity index (χ0v) is 17.9. The molecule has 4 aromatic rings. The number of fused-ring (bicyclic) bond motifs is 2. The van der Waals surface area contributed by atoms with Crippen molar-refractivity contribution in [3.63, 3.8) is 0 Å². The molecular weight excluding hydrogens is 420 g/mol. The first-order chi connectivity index (χ1) is 16.2. The number of ether oxygens (including phenoxy) is 1. The van der Waals surface area contributed by atoms with E-state index in [2.05, 4.69) is 5.32 Å². The number of hydrogen-bond donors (Lipinski definition) is 1. The molecule has 0 bridgehead atoms. The van der Waals surface area contributed by atoms with Crippen LogP contribution in [0.3, 0.4) is 0 Å². The largest absolute Gasteiger partial charge is 0.467 e. The van der Waals surface area contributed by atoms with E-state index in [1.807, 2.05) is 42.5 Å². The van der Waals surface area contributed by atoms with Gasteiger partial charge in [-0.2, -0.15) is 0 Å². The van der Waals surface area contributed by atoms with Crippen LogP contribution in [0.15, 0.2) is 69.9 Å². The molecule has 0 unspecified atom stereocenters. The van der Waals surface area contributed by atoms with E-state index in [-0.39, 0.29) is 13.2 Å². The molecule has 7 heteroatoms. The predicted molar refractivity (Wildman–Crippen MR) is 122 cm³/mol. The number of hydrogen-bond acceptors (Lipinski definition) is 6. The number of para-hydroxylation sites is 1. The predicted octanol–water partition coefficient (Wildman–Crippen LogP) is 4.77. The summed E-state index contributed by atoms with van der Waals surface area (Å²) in [4.78, 5) is 30.3. The Morgan fingerprint density at radius 1 is 1.03 bits per heavy atom. The van der Waals surface area contributed by atoms with Crippen LogP contribution in [0.5, 0.6) is 0 Å². The fourth-order valence-electron chi connectivity index (χ4n) is 4.11. The third kappa shape index (κ3) is 4.43. The summed E-state index contributed by atoms with van der Waals surface area (Å²) in [5.74, 6) is 0.438. The molecule has 1 aliphatic carbocycles. The second-order valence-electron chi connectivity index (χ2n) is 7.80. The van der Waals surface area contributed by atoms with Crippen LogP contribution in [0.4, 0.5) is 0 Å². The maximum absolute atomic E-state index is 13.2. The number of benzene rings is 1. The number of aromatic nitrogens is 1. The molecule has 1 amide bonds. The van der Waals surface area contributed by atoms with Gasteiger partial charge in [0.25, 0.3) is 5.91 Å². The molecule has 0 saturated heterocycles. The van der Waals surface area contributed by atoms with Crippen LogP contribution in [0.2, 0.25) is 0 Å². The molecule has 5 rings (SSSR count). The summed E-state index contributed by atoms with van der Waals surface area (Å²) in [6, 6.07) is 14.7. The first-order valence-corrected chi connectivity index (χ1v) is 10.8. The van der Waals surface area contributed by atoms with Gasteiger partial charge in [-0.15, -0.1) is 0 Å². The van der Waals surface area contributed by atoms with Gasteiger partial charge in [0.05, 0.1) is 35.8 Å². The van der Waals surface area contributed by atoms with Gasteiger partial charge in [-0.3, -0.25) is 4.79 Å². The summed E-state index contributed by atoms with van der Waals surface area (Å²) in [7, 11) is 0. The summed E-state index contributed by atoms with van der Waals surface area (Å²) in [5, 5.41) is 3.40. The van der Waals surface area contributed by atoms with Crippen molar-refractivity contribution in [2.45, 2.75) is 25.8 Å². The number of nitrogens with zero attached hydrogens (tertiary/aromatic N) is 1. The molecule has 0 saturated carbocycles. The van der Waals surface area contributed by atoms with Gasteiger partial charge >= 0.3 is 5.97 Å². The third-order valence-electron chi connectivity index (χ3n) is 5.61. The normalized spacial score (nSPS) is 14.2. The van der Waals surface area contributed by atoms with Gasteiger partial charge in [-0.25, -0.2) is 9.78 Å². The van der Waals surface area contributed by atoms with Gasteiger partial charge in [-0.1, -0.05) is 18.2 Å². The first kappa shape index (κ1) is 20.8. The molecule has 0 fully saturated rings. The summed E-state index contributed by atoms with van der Waals surface area (Å²) in [5.41, 5.74) is 3.82. The van der Waals surface area contributed by atoms with Crippen LogP contribution in [0.25, 0.3) is 22.6 Å². The van der Waals surface area contributed by atoms with Crippen molar-refractivity contribution in [2.75, 3.05) is 6.61 Å². The number of allylic oxidation sites excluding steroid dienone is 1. The number of carbonyl (C=O) groups excluding carboxylic acids is 2. The quantitative estimate of drug-likeness (QED) is 0.432. The Balaban J connectivity index is 1.43. The fraction of sp³-hybridized carbons (Fsp3) is 0.192. The highest BCUT2D eigenvalue weighted by Crippen LogP contribution is 2.36. The maximum atomic E-state index is 13.2. The third-order valence-corrected chi connectivity index (χ3v) is 5.61. The Kier molecular flexibility index (Phi) is 5.76. The van der Waals surface area contributed by atoms with Crippen molar-refractivity contribution in [3.05, 3.63) is 89.4 Å². The molecule has 3 heterocycles. The molecule has 1 aromatic carbocycles. The van der Waals surface area contributed by atoms with Gasteiger partial charge in [0.1, 0.15) is 11.5 Å². The number of esters is 1. The number of nitrogens with one attached hydrogen (secondary N) is 1. The molecule has 3 aromatic heterocycles. The lowest BCUT2D eigenvalue weighted by atomic mass is 9.86. The fourth-order valence-corrected chi connectivity index (χ4v) is 4.11. The van der Waals surface area contributed by atoms with Crippen LogP contribution < -0.4 is 5.32 Å². The Hall–Kier alpha value is -4.13. The molecule has 166 valence electrons. The Bertz CT molecular complexity index is 1320. The van der Waals surface area contributed by atoms with Gasteiger partial charge < -0.3 is 18.9 Å². The minimum Gasteiger partial charge on any atom is -0.467 e. The highest BCUT2D eigenvalue weighted by Gasteiger charge is 2.26. The van der Waals surface area contributed by atoms with E-state index in [0.29, 0.717) is 23.3 Å². The SMILES string of the molecule is O=C(COC(=O)c1c2c(nc3ccccc13)/C(=C\c1ccco1)CCC2)NCc1ccco1. The second kappa shape index (κ2) is 9.16. The average Bonchev–Trinajstić information content (AvgIpc) is 3.54. The summed E-state index contributed by atoms with van der Waals surface area (Å²) in [6.07, 6.45) is 7.55. The zero-order chi connectivity index (χ0) is 22.6. The van der Waals surface area contributed by atoms with Gasteiger partial charge in [0.2, 0.25) is 0 Å². The van der Waals surface area contributed by atoms with E-state index >= 15 is 0 Å². The van der Waals surface area contributed by atoms with Crippen molar-refractivity contribution >= 4 is 34.4 Å². The van der Waals surface area contributed by atoms with Gasteiger partial charge in [0.15, 0.2) is 6.61 Å². The van der Waals surface area contributed by atoms with Crippen molar-refractivity contribution in [3.8, 4) is 0 Å². The van der Waals surface area contributed by atoms with Crippen LogP contribution in [-0.4, -0.2) is 23.5 Å². The van der Waals surface area contributed by atoms with E-state index in [4.69, 9.17) is 18.6 Å². The zero-order valence-electron chi connectivity index (χ0n) is 17.9. The van der Waals surface area contributed by atoms with Crippen LogP contribution in [0.1, 0.15) is 46.0 Å². The average molecular weight is 442 g/mol. The summed E-state index contributed by atoms with van der Waals surface area (Å²) < 4.78 is 16.1. The maximum Gasteiger partial charge on any atom is 0.339 e. The van der Waals surface area contributed by atoms with Crippen molar-refractivity contribution in [1.82, 2.24) is 10.3 Å². The highest BCUT2D eigenvalue weighted by atomic mass is 16.5. The minimum atomic E-state index is -0.530. The van der Waals surface area contributed by atoms with Crippen molar-refractivity contribution in [1.29, 1.82) is 0 Å². The smallest absolute Gasteiger partial charge is 0.339 e. The first-order valence-electron chi connectivity index (χ1n) is 10.8. The topological polar surface area (TPSA) is 94.6 Å². The highest BCUT2D eigenvalue weighted by molar-refractivity contribution is 6.07. The monoisotopic (exact) mass is 442 g/mol. The van der Waals surface area contributed by atoms with Crippen LogP contribution >= 0.6 is 0 Å². The minimum absolute atomic E-state index is 0.234. The Morgan fingerprint density at radius 2 is 1.88 bits per heavy atom. The number of furan rings is 2. The number of rotatable bonds is 6. The molecular formula is C26H22N2O5. The summed E-state index contributed by atoms with van der Waals surface area (Å²) in [6.45, 7) is -0.141. The lowest BCUT2D eigenvalue weighted by molar-refractivity contribution is -0.124. The number of pyridine rings is 1. The molecule has 33 heavy (non-hydrogen) atoms. The van der Waals surface area contributed by atoms with Gasteiger partial charge in [0, 0.05) is 5.39 Å². The Labute approximate surface area is 190 Å². The van der Waals surface area contributed by atoms with Crippen LogP contribution in [-0.2, 0) is 22.5 Å². The molecule has 0 aliphatic heterocycles. The molecule has 7 nitrogen and oxygen atoms in total. The molecule has 0 spiro atoms. The van der Waals surface area contributed by atoms with Crippen molar-refractivity contribution < 1.29 is 23.2 Å². The van der Waals surface area contributed by atoms with Crippen LogP contribution in [0, 0.1) is 0 Å². The van der Waals surface area contributed by atoms with E-state index in [9.17, 15) is 9.59 Å². The lowest BCUT2D eigenvalue weighted by Crippen LogP contribution is -2.28. The van der Waals surface area contributed by atoms with E-state index in [1.54, 1.807) is 18.4 Å². The summed E-state index contributed by atoms with van der Waals surface area (Å²) >= 11 is 0. The Morgan fingerprint density at radius 3 is 2.70 bits per heavy atom. The second-order valence-corrected chi connectivity index (χ2v) is 7.80.